The maximum absolute atomic E-state index is 12.9. The van der Waals surface area contributed by atoms with Gasteiger partial charge < -0.3 is 10.7 Å². The van der Waals surface area contributed by atoms with Crippen molar-refractivity contribution in [3.05, 3.63) is 54.1 Å². The van der Waals surface area contributed by atoms with Crippen LogP contribution in [0.25, 0.3) is 0 Å². The number of nitrogens with two attached hydrogens (primary N) is 1. The molecule has 6 heteroatoms. The zero-order valence-corrected chi connectivity index (χ0v) is 9.35. The number of carbonyl (C=O) groups excluding carboxylic acids is 1. The van der Waals surface area contributed by atoms with E-state index in [0.29, 0.717) is 11.4 Å². The molecule has 1 aromatic heterocycles. The molecule has 5 nitrogen and oxygen atoms in total. The molecule has 0 radical (unpaired) electrons. The van der Waals surface area contributed by atoms with E-state index in [1.807, 2.05) is 0 Å². The average molecular weight is 246 g/mol. The van der Waals surface area contributed by atoms with Gasteiger partial charge in [0.25, 0.3) is 5.91 Å². The van der Waals surface area contributed by atoms with Gasteiger partial charge in [0.1, 0.15) is 11.5 Å². The van der Waals surface area contributed by atoms with Crippen molar-refractivity contribution in [1.82, 2.24) is 4.98 Å². The van der Waals surface area contributed by atoms with Crippen molar-refractivity contribution in [2.45, 2.75) is 0 Å². The Morgan fingerprint density at radius 2 is 2.06 bits per heavy atom. The molecule has 0 aliphatic heterocycles. The highest BCUT2D eigenvalue weighted by atomic mass is 19.1. The van der Waals surface area contributed by atoms with Gasteiger partial charge in [-0.3, -0.25) is 10.6 Å². The first-order valence-electron chi connectivity index (χ1n) is 5.18. The Kier molecular flexibility index (Phi) is 3.49. The highest BCUT2D eigenvalue weighted by molar-refractivity contribution is 6.02. The Morgan fingerprint density at radius 1 is 1.22 bits per heavy atom. The lowest BCUT2D eigenvalue weighted by atomic mass is 10.3. The van der Waals surface area contributed by atoms with Crippen molar-refractivity contribution < 1.29 is 9.18 Å². The molecular weight excluding hydrogens is 235 g/mol. The second-order valence-electron chi connectivity index (χ2n) is 3.54. The number of nitrogen functional groups attached to an aromatic ring is 1. The third-order valence-corrected chi connectivity index (χ3v) is 2.25. The van der Waals surface area contributed by atoms with E-state index in [4.69, 9.17) is 5.84 Å². The lowest BCUT2D eigenvalue weighted by molar-refractivity contribution is 0.102. The monoisotopic (exact) mass is 246 g/mol. The van der Waals surface area contributed by atoms with Crippen molar-refractivity contribution >= 4 is 17.3 Å². The van der Waals surface area contributed by atoms with E-state index in [0.717, 1.165) is 0 Å². The van der Waals surface area contributed by atoms with Crippen LogP contribution in [0.15, 0.2) is 42.6 Å². The summed E-state index contributed by atoms with van der Waals surface area (Å²) < 4.78 is 12.9. The molecule has 4 N–H and O–H groups in total. The Hall–Kier alpha value is -2.47. The van der Waals surface area contributed by atoms with Crippen LogP contribution in [-0.2, 0) is 0 Å². The molecule has 0 atom stereocenters. The highest BCUT2D eigenvalue weighted by Gasteiger charge is 2.07. The molecule has 0 spiro atoms. The Morgan fingerprint density at radius 3 is 2.67 bits per heavy atom. The lowest BCUT2D eigenvalue weighted by Gasteiger charge is -2.05. The summed E-state index contributed by atoms with van der Waals surface area (Å²) in [5, 5.41) is 2.54. The van der Waals surface area contributed by atoms with Gasteiger partial charge in [0.15, 0.2) is 0 Å². The van der Waals surface area contributed by atoms with Crippen molar-refractivity contribution in [2.75, 3.05) is 10.7 Å². The molecule has 2 aromatic rings. The predicted molar refractivity (Wildman–Crippen MR) is 66.4 cm³/mol. The Bertz CT molecular complexity index is 556. The van der Waals surface area contributed by atoms with Crippen LogP contribution in [-0.4, -0.2) is 10.9 Å². The van der Waals surface area contributed by atoms with Gasteiger partial charge in [-0.25, -0.2) is 9.37 Å². The summed E-state index contributed by atoms with van der Waals surface area (Å²) in [6, 6.07) is 8.78. The standard InChI is InChI=1S/C12H11FN4O/c13-8-2-1-3-9(6-8)16-12(18)11-5-4-10(17-14)7-15-11/h1-7,17H,14H2,(H,16,18). The van der Waals surface area contributed by atoms with Gasteiger partial charge in [0.05, 0.1) is 11.9 Å². The van der Waals surface area contributed by atoms with E-state index in [1.165, 1.54) is 30.5 Å². The maximum Gasteiger partial charge on any atom is 0.274 e. The second-order valence-corrected chi connectivity index (χ2v) is 3.54. The fourth-order valence-corrected chi connectivity index (χ4v) is 1.37. The van der Waals surface area contributed by atoms with Gasteiger partial charge in [0, 0.05) is 5.69 Å². The first-order chi connectivity index (χ1) is 8.69. The van der Waals surface area contributed by atoms with Crippen molar-refractivity contribution in [3.8, 4) is 0 Å². The molecule has 0 aliphatic carbocycles. The average Bonchev–Trinajstić information content (AvgIpc) is 2.39. The van der Waals surface area contributed by atoms with Crippen molar-refractivity contribution in [3.63, 3.8) is 0 Å². The molecule has 1 amide bonds. The topological polar surface area (TPSA) is 80.0 Å². The molecule has 1 heterocycles. The van der Waals surface area contributed by atoms with E-state index in [1.54, 1.807) is 12.1 Å². The summed E-state index contributed by atoms with van der Waals surface area (Å²) in [5.74, 6) is 4.36. The summed E-state index contributed by atoms with van der Waals surface area (Å²) in [4.78, 5) is 15.7. The maximum atomic E-state index is 12.9. The number of halogens is 1. The number of hydrazine groups is 1. The fourth-order valence-electron chi connectivity index (χ4n) is 1.37. The fraction of sp³-hybridized carbons (Fsp3) is 0. The number of amides is 1. The number of hydrogen-bond acceptors (Lipinski definition) is 4. The number of nitrogens with zero attached hydrogens (tertiary/aromatic N) is 1. The smallest absolute Gasteiger partial charge is 0.274 e. The summed E-state index contributed by atoms with van der Waals surface area (Å²) >= 11 is 0. The normalized spacial score (nSPS) is 9.89. The summed E-state index contributed by atoms with van der Waals surface area (Å²) in [6.45, 7) is 0. The first-order valence-corrected chi connectivity index (χ1v) is 5.18. The van der Waals surface area contributed by atoms with Crippen LogP contribution >= 0.6 is 0 Å². The highest BCUT2D eigenvalue weighted by Crippen LogP contribution is 2.11. The number of pyridine rings is 1. The molecule has 0 aliphatic rings. The number of anilines is 2. The molecule has 18 heavy (non-hydrogen) atoms. The minimum atomic E-state index is -0.413. The zero-order valence-electron chi connectivity index (χ0n) is 9.35. The van der Waals surface area contributed by atoms with Gasteiger partial charge in [-0.2, -0.15) is 0 Å². The third kappa shape index (κ3) is 2.80. The quantitative estimate of drug-likeness (QED) is 0.569. The first kappa shape index (κ1) is 12.0. The summed E-state index contributed by atoms with van der Waals surface area (Å²) in [6.07, 6.45) is 1.43. The molecule has 0 saturated heterocycles. The van der Waals surface area contributed by atoms with Crippen LogP contribution in [0.2, 0.25) is 0 Å². The van der Waals surface area contributed by atoms with Crippen LogP contribution in [0.4, 0.5) is 15.8 Å². The number of aromatic nitrogens is 1. The summed E-state index contributed by atoms with van der Waals surface area (Å²) in [5.41, 5.74) is 3.60. The lowest BCUT2D eigenvalue weighted by Crippen LogP contribution is -2.14. The van der Waals surface area contributed by atoms with E-state index >= 15 is 0 Å². The molecule has 92 valence electrons. The third-order valence-electron chi connectivity index (χ3n) is 2.25. The van der Waals surface area contributed by atoms with Crippen LogP contribution < -0.4 is 16.6 Å². The number of hydrogen-bond donors (Lipinski definition) is 3. The molecule has 0 saturated carbocycles. The van der Waals surface area contributed by atoms with E-state index in [2.05, 4.69) is 15.7 Å². The number of nitrogens with one attached hydrogen (secondary N) is 2. The Balaban J connectivity index is 2.11. The van der Waals surface area contributed by atoms with Crippen LogP contribution in [0.3, 0.4) is 0 Å². The predicted octanol–water partition coefficient (Wildman–Crippen LogP) is 1.76. The Labute approximate surface area is 103 Å². The molecular formula is C12H11FN4O. The minimum absolute atomic E-state index is 0.221. The van der Waals surface area contributed by atoms with Gasteiger partial charge in [-0.15, -0.1) is 0 Å². The summed E-state index contributed by atoms with van der Waals surface area (Å²) in [7, 11) is 0. The number of rotatable bonds is 3. The van der Waals surface area contributed by atoms with Crippen LogP contribution in [0.1, 0.15) is 10.5 Å². The zero-order chi connectivity index (χ0) is 13.0. The van der Waals surface area contributed by atoms with E-state index in [9.17, 15) is 9.18 Å². The molecule has 0 fully saturated rings. The SMILES string of the molecule is NNc1ccc(C(=O)Nc2cccc(F)c2)nc1. The van der Waals surface area contributed by atoms with Gasteiger partial charge >= 0.3 is 0 Å². The number of carbonyl (C=O) groups is 1. The molecule has 1 aromatic carbocycles. The van der Waals surface area contributed by atoms with Crippen LogP contribution in [0.5, 0.6) is 0 Å². The molecule has 0 bridgehead atoms. The van der Waals surface area contributed by atoms with E-state index < -0.39 is 11.7 Å². The van der Waals surface area contributed by atoms with Crippen molar-refractivity contribution in [2.24, 2.45) is 5.84 Å². The van der Waals surface area contributed by atoms with Gasteiger partial charge in [-0.1, -0.05) is 6.07 Å². The van der Waals surface area contributed by atoms with E-state index in [-0.39, 0.29) is 5.69 Å². The number of benzene rings is 1. The molecule has 0 unspecified atom stereocenters. The molecule has 2 rings (SSSR count). The second kappa shape index (κ2) is 5.24. The van der Waals surface area contributed by atoms with Crippen LogP contribution in [0, 0.1) is 5.82 Å². The van der Waals surface area contributed by atoms with Crippen molar-refractivity contribution in [1.29, 1.82) is 0 Å². The van der Waals surface area contributed by atoms with Gasteiger partial charge in [-0.05, 0) is 30.3 Å². The largest absolute Gasteiger partial charge is 0.323 e. The van der Waals surface area contributed by atoms with Gasteiger partial charge in [0.2, 0.25) is 0 Å². The minimum Gasteiger partial charge on any atom is -0.323 e.